The molecule has 0 aliphatic rings. The number of aromatic amines is 1. The second kappa shape index (κ2) is 4.15. The van der Waals surface area contributed by atoms with Gasteiger partial charge in [0.1, 0.15) is 5.69 Å². The number of aromatic nitrogens is 3. The zero-order valence-electron chi connectivity index (χ0n) is 9.08. The molecule has 0 unspecified atom stereocenters. The predicted molar refractivity (Wildman–Crippen MR) is 66.9 cm³/mol. The molecule has 0 radical (unpaired) electrons. The minimum absolute atomic E-state index is 0.129. The molecule has 0 spiro atoms. The fourth-order valence-electron chi connectivity index (χ4n) is 1.63. The van der Waals surface area contributed by atoms with Crippen molar-refractivity contribution in [3.63, 3.8) is 0 Å². The molecule has 0 atom stereocenters. The Morgan fingerprint density at radius 3 is 2.83 bits per heavy atom. The largest absolute Gasteiger partial charge is 0.285 e. The Bertz CT molecular complexity index is 731. The number of hydrogen-bond acceptors (Lipinski definition) is 5. The highest BCUT2D eigenvalue weighted by Crippen LogP contribution is 2.19. The number of thiazole rings is 1. The minimum atomic E-state index is -0.611. The van der Waals surface area contributed by atoms with E-state index in [1.54, 1.807) is 23.7 Å². The lowest BCUT2D eigenvalue weighted by Gasteiger charge is -1.97. The van der Waals surface area contributed by atoms with Crippen molar-refractivity contribution in [1.29, 1.82) is 0 Å². The van der Waals surface area contributed by atoms with Crippen LogP contribution >= 0.6 is 11.3 Å². The number of nitrogens with one attached hydrogen (secondary N) is 1. The summed E-state index contributed by atoms with van der Waals surface area (Å²) in [5.41, 5.74) is 3.02. The van der Waals surface area contributed by atoms with E-state index in [1.807, 2.05) is 0 Å². The fraction of sp³-hybridized carbons (Fsp3) is 0. The molecular weight excluding hydrogens is 250 g/mol. The van der Waals surface area contributed by atoms with Gasteiger partial charge >= 0.3 is 0 Å². The number of Topliss-reactive ketones (excluding diaryl/α,β-unsaturated/α-hetero) is 2. The van der Waals surface area contributed by atoms with E-state index in [0.29, 0.717) is 5.56 Å². The second-order valence-corrected chi connectivity index (χ2v) is 4.54. The van der Waals surface area contributed by atoms with Crippen LogP contribution in [0.15, 0.2) is 36.0 Å². The van der Waals surface area contributed by atoms with Crippen LogP contribution in [-0.4, -0.2) is 26.7 Å². The monoisotopic (exact) mass is 257 g/mol. The molecule has 0 aliphatic heterocycles. The lowest BCUT2D eigenvalue weighted by atomic mass is 10.1. The third-order valence-electron chi connectivity index (χ3n) is 2.53. The van der Waals surface area contributed by atoms with Crippen LogP contribution in [0.3, 0.4) is 0 Å². The molecule has 88 valence electrons. The van der Waals surface area contributed by atoms with Crippen molar-refractivity contribution >= 4 is 33.1 Å². The molecule has 0 saturated carbocycles. The lowest BCUT2D eigenvalue weighted by molar-refractivity contribution is 0.0814. The van der Waals surface area contributed by atoms with Crippen molar-refractivity contribution in [3.05, 3.63) is 47.2 Å². The minimum Gasteiger partial charge on any atom is -0.285 e. The Labute approximate surface area is 105 Å². The normalized spacial score (nSPS) is 10.7. The van der Waals surface area contributed by atoms with Gasteiger partial charge in [0.25, 0.3) is 5.78 Å². The summed E-state index contributed by atoms with van der Waals surface area (Å²) in [4.78, 5) is 27.9. The first-order chi connectivity index (χ1) is 8.75. The summed E-state index contributed by atoms with van der Waals surface area (Å²) in [6, 6.07) is 6.50. The number of nitrogens with zero attached hydrogens (tertiary/aromatic N) is 2. The molecule has 1 N–H and O–H groups in total. The van der Waals surface area contributed by atoms with Crippen molar-refractivity contribution in [3.8, 4) is 0 Å². The zero-order chi connectivity index (χ0) is 12.5. The van der Waals surface area contributed by atoms with Crippen LogP contribution in [-0.2, 0) is 0 Å². The maximum atomic E-state index is 12.0. The van der Waals surface area contributed by atoms with Gasteiger partial charge in [-0.3, -0.25) is 14.7 Å². The van der Waals surface area contributed by atoms with Crippen molar-refractivity contribution in [2.45, 2.75) is 0 Å². The van der Waals surface area contributed by atoms with Crippen molar-refractivity contribution in [1.82, 2.24) is 15.2 Å². The molecule has 2 aromatic heterocycles. The van der Waals surface area contributed by atoms with E-state index in [-0.39, 0.29) is 5.69 Å². The molecule has 3 aromatic rings. The summed E-state index contributed by atoms with van der Waals surface area (Å²) in [6.45, 7) is 0. The van der Waals surface area contributed by atoms with Gasteiger partial charge < -0.3 is 0 Å². The molecule has 0 aliphatic carbocycles. The molecule has 6 heteroatoms. The highest BCUT2D eigenvalue weighted by atomic mass is 32.1. The second-order valence-electron chi connectivity index (χ2n) is 3.65. The number of benzene rings is 1. The van der Waals surface area contributed by atoms with Gasteiger partial charge in [-0.05, 0) is 24.3 Å². The van der Waals surface area contributed by atoms with Gasteiger partial charge in [-0.1, -0.05) is 0 Å². The third-order valence-corrected chi connectivity index (χ3v) is 3.32. The highest BCUT2D eigenvalue weighted by Gasteiger charge is 2.20. The van der Waals surface area contributed by atoms with E-state index in [9.17, 15) is 9.59 Å². The number of carbonyl (C=O) groups is 2. The van der Waals surface area contributed by atoms with Crippen LogP contribution in [0, 0.1) is 0 Å². The molecule has 5 nitrogen and oxygen atoms in total. The average Bonchev–Trinajstić information content (AvgIpc) is 3.06. The molecule has 0 amide bonds. The maximum Gasteiger partial charge on any atom is 0.253 e. The van der Waals surface area contributed by atoms with Crippen molar-refractivity contribution in [2.24, 2.45) is 0 Å². The summed E-state index contributed by atoms with van der Waals surface area (Å²) in [6.07, 6.45) is 1.51. The molecule has 1 aromatic carbocycles. The molecule has 0 fully saturated rings. The van der Waals surface area contributed by atoms with Crippen LogP contribution in [0.25, 0.3) is 10.2 Å². The topological polar surface area (TPSA) is 75.7 Å². The van der Waals surface area contributed by atoms with Gasteiger partial charge in [-0.25, -0.2) is 4.98 Å². The van der Waals surface area contributed by atoms with E-state index in [2.05, 4.69) is 15.2 Å². The summed E-state index contributed by atoms with van der Waals surface area (Å²) >= 11 is 1.43. The fourth-order valence-corrected chi connectivity index (χ4v) is 2.35. The standard InChI is InChI=1S/C12H7N3O2S/c16-11(12(17)9-3-4-14-15-9)7-1-2-8-10(5-7)18-6-13-8/h1-6H,(H,14,15). The van der Waals surface area contributed by atoms with E-state index in [1.165, 1.54) is 23.6 Å². The van der Waals surface area contributed by atoms with Crippen LogP contribution in [0.5, 0.6) is 0 Å². The summed E-state index contributed by atoms with van der Waals surface area (Å²) in [7, 11) is 0. The molecule has 3 rings (SSSR count). The Kier molecular flexibility index (Phi) is 2.49. The Balaban J connectivity index is 1.99. The lowest BCUT2D eigenvalue weighted by Crippen LogP contribution is -2.14. The SMILES string of the molecule is O=C(C(=O)c1cc[nH]n1)c1ccc2ncsc2c1. The maximum absolute atomic E-state index is 12.0. The van der Waals surface area contributed by atoms with Crippen LogP contribution in [0.4, 0.5) is 0 Å². The van der Waals surface area contributed by atoms with Gasteiger partial charge in [-0.2, -0.15) is 5.10 Å². The number of rotatable bonds is 3. The Hall–Kier alpha value is -2.34. The number of carbonyl (C=O) groups excluding carboxylic acids is 2. The number of fused-ring (bicyclic) bond motifs is 1. The average molecular weight is 257 g/mol. The van der Waals surface area contributed by atoms with E-state index < -0.39 is 11.6 Å². The van der Waals surface area contributed by atoms with Crippen LogP contribution in [0.2, 0.25) is 0 Å². The van der Waals surface area contributed by atoms with Crippen LogP contribution < -0.4 is 0 Å². The van der Waals surface area contributed by atoms with E-state index in [0.717, 1.165) is 10.2 Å². The smallest absolute Gasteiger partial charge is 0.253 e. The summed E-state index contributed by atoms with van der Waals surface area (Å²) in [5, 5.41) is 6.22. The number of hydrogen-bond donors (Lipinski definition) is 1. The quantitative estimate of drug-likeness (QED) is 0.575. The van der Waals surface area contributed by atoms with Crippen molar-refractivity contribution < 1.29 is 9.59 Å². The molecule has 0 saturated heterocycles. The first kappa shape index (κ1) is 10.8. The number of H-pyrrole nitrogens is 1. The zero-order valence-corrected chi connectivity index (χ0v) is 9.90. The van der Waals surface area contributed by atoms with Gasteiger partial charge in [0, 0.05) is 11.8 Å². The first-order valence-electron chi connectivity index (χ1n) is 5.18. The molecule has 2 heterocycles. The summed E-state index contributed by atoms with van der Waals surface area (Å²) < 4.78 is 0.885. The van der Waals surface area contributed by atoms with Gasteiger partial charge in [0.05, 0.1) is 15.7 Å². The van der Waals surface area contributed by atoms with E-state index in [4.69, 9.17) is 0 Å². The third kappa shape index (κ3) is 1.72. The Morgan fingerprint density at radius 2 is 2.06 bits per heavy atom. The number of ketones is 2. The van der Waals surface area contributed by atoms with Gasteiger partial charge in [-0.15, -0.1) is 11.3 Å². The Morgan fingerprint density at radius 1 is 1.17 bits per heavy atom. The predicted octanol–water partition coefficient (Wildman–Crippen LogP) is 2.08. The molecule has 18 heavy (non-hydrogen) atoms. The highest BCUT2D eigenvalue weighted by molar-refractivity contribution is 7.16. The van der Waals surface area contributed by atoms with Gasteiger partial charge in [0.2, 0.25) is 5.78 Å². The summed E-state index contributed by atoms with van der Waals surface area (Å²) in [5.74, 6) is -1.17. The molecular formula is C12H7N3O2S. The van der Waals surface area contributed by atoms with Crippen molar-refractivity contribution in [2.75, 3.05) is 0 Å². The van der Waals surface area contributed by atoms with E-state index >= 15 is 0 Å². The van der Waals surface area contributed by atoms with Gasteiger partial charge in [0.15, 0.2) is 0 Å². The van der Waals surface area contributed by atoms with Crippen LogP contribution in [0.1, 0.15) is 20.8 Å². The molecule has 0 bridgehead atoms. The first-order valence-corrected chi connectivity index (χ1v) is 6.06.